The van der Waals surface area contributed by atoms with Crippen molar-refractivity contribution in [2.24, 2.45) is 4.99 Å². The number of amidine groups is 1. The molecule has 1 fully saturated rings. The number of benzene rings is 3. The van der Waals surface area contributed by atoms with E-state index < -0.39 is 0 Å². The molecule has 0 N–H and O–H groups in total. The summed E-state index contributed by atoms with van der Waals surface area (Å²) in [6, 6.07) is 19.2. The molecule has 0 unspecified atom stereocenters. The summed E-state index contributed by atoms with van der Waals surface area (Å²) in [7, 11) is 0. The van der Waals surface area contributed by atoms with Crippen LogP contribution in [0.4, 0.5) is 11.4 Å². The molecule has 0 spiro atoms. The summed E-state index contributed by atoms with van der Waals surface area (Å²) in [5.41, 5.74) is 4.47. The molecule has 1 aliphatic heterocycles. The standard InChI is InChI=1S/C29H25ClN2O3S/c1-5-15-35-27-24(30)16-21(17-25(27)34-6-2)18-26-28(33)32(23-13-9-20(4)10-14-23)29(36-26)31-22-11-7-19(3)8-12-22/h1,7-14,16-18H,6,15H2,2-4H3/b26-18-,31-29?. The lowest BCUT2D eigenvalue weighted by Gasteiger charge is -2.16. The summed E-state index contributed by atoms with van der Waals surface area (Å²) in [6.45, 7) is 6.39. The molecule has 0 aliphatic carbocycles. The first-order valence-corrected chi connectivity index (χ1v) is 12.6. The van der Waals surface area contributed by atoms with Gasteiger partial charge in [0.1, 0.15) is 6.61 Å². The van der Waals surface area contributed by atoms with Crippen molar-refractivity contribution in [3.8, 4) is 23.8 Å². The van der Waals surface area contributed by atoms with Crippen molar-refractivity contribution >= 4 is 51.9 Å². The number of rotatable bonds is 7. The van der Waals surface area contributed by atoms with Gasteiger partial charge in [-0.25, -0.2) is 4.99 Å². The van der Waals surface area contributed by atoms with Crippen LogP contribution in [0.3, 0.4) is 0 Å². The molecule has 0 atom stereocenters. The Hall–Kier alpha value is -3.66. The third-order valence-electron chi connectivity index (χ3n) is 5.29. The average Bonchev–Trinajstić information content (AvgIpc) is 3.15. The zero-order valence-electron chi connectivity index (χ0n) is 20.2. The van der Waals surface area contributed by atoms with Crippen LogP contribution in [-0.2, 0) is 4.79 Å². The molecule has 182 valence electrons. The normalized spacial score (nSPS) is 15.4. The van der Waals surface area contributed by atoms with Crippen LogP contribution in [0, 0.1) is 26.2 Å². The van der Waals surface area contributed by atoms with Crippen molar-refractivity contribution in [2.45, 2.75) is 20.8 Å². The van der Waals surface area contributed by atoms with E-state index in [1.807, 2.05) is 69.3 Å². The molecule has 4 rings (SSSR count). The van der Waals surface area contributed by atoms with Gasteiger partial charge < -0.3 is 9.47 Å². The molecule has 1 heterocycles. The summed E-state index contributed by atoms with van der Waals surface area (Å²) in [5.74, 6) is 3.10. The van der Waals surface area contributed by atoms with Gasteiger partial charge in [0.15, 0.2) is 16.7 Å². The highest BCUT2D eigenvalue weighted by molar-refractivity contribution is 8.19. The first-order chi connectivity index (χ1) is 17.4. The Morgan fingerprint density at radius 3 is 2.36 bits per heavy atom. The first kappa shape index (κ1) is 25.4. The fourth-order valence-electron chi connectivity index (χ4n) is 3.54. The molecular weight excluding hydrogens is 492 g/mol. The van der Waals surface area contributed by atoms with Crippen molar-refractivity contribution in [3.05, 3.63) is 87.3 Å². The van der Waals surface area contributed by atoms with Crippen LogP contribution in [0.25, 0.3) is 6.08 Å². The highest BCUT2D eigenvalue weighted by Crippen LogP contribution is 2.40. The number of aryl methyl sites for hydroxylation is 2. The first-order valence-electron chi connectivity index (χ1n) is 11.4. The van der Waals surface area contributed by atoms with Crippen molar-refractivity contribution in [1.82, 2.24) is 0 Å². The SMILES string of the molecule is C#CCOc1c(Cl)cc(/C=C2\SC(=Nc3ccc(C)cc3)N(c3ccc(C)cc3)C2=O)cc1OCC. The number of thioether (sulfide) groups is 1. The number of aliphatic imine (C=N–C) groups is 1. The molecular formula is C29H25ClN2O3S. The van der Waals surface area contributed by atoms with Gasteiger partial charge in [0.05, 0.1) is 27.9 Å². The van der Waals surface area contributed by atoms with Crippen molar-refractivity contribution in [3.63, 3.8) is 0 Å². The van der Waals surface area contributed by atoms with E-state index in [1.54, 1.807) is 23.1 Å². The number of hydrogen-bond donors (Lipinski definition) is 0. The minimum atomic E-state index is -0.170. The Kier molecular flexibility index (Phi) is 8.04. The number of carbonyl (C=O) groups excluding carboxylic acids is 1. The van der Waals surface area contributed by atoms with Crippen molar-refractivity contribution in [2.75, 3.05) is 18.1 Å². The van der Waals surface area contributed by atoms with E-state index in [9.17, 15) is 4.79 Å². The molecule has 0 radical (unpaired) electrons. The number of terminal acetylenes is 1. The van der Waals surface area contributed by atoms with Crippen LogP contribution in [0.2, 0.25) is 5.02 Å². The maximum absolute atomic E-state index is 13.6. The quantitative estimate of drug-likeness (QED) is 0.246. The Morgan fingerprint density at radius 2 is 1.72 bits per heavy atom. The van der Waals surface area contributed by atoms with Crippen LogP contribution in [0.5, 0.6) is 11.5 Å². The molecule has 1 aliphatic rings. The number of amides is 1. The molecule has 0 saturated carbocycles. The molecule has 5 nitrogen and oxygen atoms in total. The summed E-state index contributed by atoms with van der Waals surface area (Å²) in [6.07, 6.45) is 7.11. The van der Waals surface area contributed by atoms with Crippen molar-refractivity contribution in [1.29, 1.82) is 0 Å². The maximum atomic E-state index is 13.6. The molecule has 36 heavy (non-hydrogen) atoms. The van der Waals surface area contributed by atoms with Gasteiger partial charge in [0.25, 0.3) is 5.91 Å². The van der Waals surface area contributed by atoms with Crippen LogP contribution in [-0.4, -0.2) is 24.3 Å². The summed E-state index contributed by atoms with van der Waals surface area (Å²) < 4.78 is 11.3. The molecule has 3 aromatic carbocycles. The lowest BCUT2D eigenvalue weighted by molar-refractivity contribution is -0.113. The van der Waals surface area contributed by atoms with E-state index in [-0.39, 0.29) is 12.5 Å². The Bertz CT molecular complexity index is 1370. The number of halogens is 1. The lowest BCUT2D eigenvalue weighted by atomic mass is 10.1. The molecule has 1 saturated heterocycles. The topological polar surface area (TPSA) is 51.1 Å². The molecule has 0 aromatic heterocycles. The monoisotopic (exact) mass is 516 g/mol. The zero-order chi connectivity index (χ0) is 25.7. The van der Waals surface area contributed by atoms with E-state index in [1.165, 1.54) is 11.8 Å². The van der Waals surface area contributed by atoms with Crippen LogP contribution in [0.15, 0.2) is 70.6 Å². The Balaban J connectivity index is 1.75. The van der Waals surface area contributed by atoms with Crippen LogP contribution in [0.1, 0.15) is 23.6 Å². The number of nitrogens with zero attached hydrogens (tertiary/aromatic N) is 2. The minimum absolute atomic E-state index is 0.0684. The van der Waals surface area contributed by atoms with E-state index in [2.05, 4.69) is 5.92 Å². The summed E-state index contributed by atoms with van der Waals surface area (Å²) >= 11 is 7.80. The van der Waals surface area contributed by atoms with Gasteiger partial charge in [-0.2, -0.15) is 0 Å². The van der Waals surface area contributed by atoms with Gasteiger partial charge >= 0.3 is 0 Å². The fourth-order valence-corrected chi connectivity index (χ4v) is 4.81. The highest BCUT2D eigenvalue weighted by Gasteiger charge is 2.35. The lowest BCUT2D eigenvalue weighted by Crippen LogP contribution is -2.28. The fraction of sp³-hybridized carbons (Fsp3) is 0.172. The smallest absolute Gasteiger partial charge is 0.271 e. The second kappa shape index (κ2) is 11.4. The average molecular weight is 517 g/mol. The Labute approximate surface area is 220 Å². The predicted molar refractivity (Wildman–Crippen MR) is 149 cm³/mol. The number of anilines is 1. The summed E-state index contributed by atoms with van der Waals surface area (Å²) in [5, 5.41) is 0.923. The van der Waals surface area contributed by atoms with E-state index in [0.29, 0.717) is 38.8 Å². The maximum Gasteiger partial charge on any atom is 0.271 e. The van der Waals surface area contributed by atoms with Crippen molar-refractivity contribution < 1.29 is 14.3 Å². The predicted octanol–water partition coefficient (Wildman–Crippen LogP) is 7.18. The van der Waals surface area contributed by atoms with Crippen LogP contribution >= 0.6 is 23.4 Å². The second-order valence-electron chi connectivity index (χ2n) is 8.07. The van der Waals surface area contributed by atoms with Gasteiger partial charge in [-0.3, -0.25) is 9.69 Å². The summed E-state index contributed by atoms with van der Waals surface area (Å²) in [4.78, 5) is 20.5. The van der Waals surface area contributed by atoms with E-state index in [4.69, 9.17) is 32.5 Å². The minimum Gasteiger partial charge on any atom is -0.490 e. The third-order valence-corrected chi connectivity index (χ3v) is 6.54. The van der Waals surface area contributed by atoms with Gasteiger partial charge in [0, 0.05) is 0 Å². The number of carbonyl (C=O) groups is 1. The number of hydrogen-bond acceptors (Lipinski definition) is 5. The van der Waals surface area contributed by atoms with Gasteiger partial charge in [-0.05, 0) is 80.6 Å². The molecule has 3 aromatic rings. The van der Waals surface area contributed by atoms with Crippen LogP contribution < -0.4 is 14.4 Å². The Morgan fingerprint density at radius 1 is 1.06 bits per heavy atom. The molecule has 0 bridgehead atoms. The second-order valence-corrected chi connectivity index (χ2v) is 9.49. The largest absolute Gasteiger partial charge is 0.490 e. The third kappa shape index (κ3) is 5.76. The van der Waals surface area contributed by atoms with Gasteiger partial charge in [-0.15, -0.1) is 6.42 Å². The van der Waals surface area contributed by atoms with Gasteiger partial charge in [0.2, 0.25) is 0 Å². The van der Waals surface area contributed by atoms with E-state index >= 15 is 0 Å². The van der Waals surface area contributed by atoms with Gasteiger partial charge in [-0.1, -0.05) is 52.9 Å². The zero-order valence-corrected chi connectivity index (χ0v) is 21.8. The highest BCUT2D eigenvalue weighted by atomic mass is 35.5. The molecule has 1 amide bonds. The molecule has 7 heteroatoms. The number of ether oxygens (including phenoxy) is 2. The van der Waals surface area contributed by atoms with E-state index in [0.717, 1.165) is 22.5 Å².